The van der Waals surface area contributed by atoms with Crippen LogP contribution in [0, 0.1) is 0 Å². The van der Waals surface area contributed by atoms with Gasteiger partial charge in [0.05, 0.1) is 31.5 Å². The zero-order chi connectivity index (χ0) is 23.8. The molecule has 3 rings (SSSR count). The molecule has 1 aliphatic heterocycles. The average Bonchev–Trinajstić information content (AvgIpc) is 3.42. The number of halogens is 1. The molecule has 0 saturated carbocycles. The second kappa shape index (κ2) is 12.8. The third-order valence-corrected chi connectivity index (χ3v) is 10.6. The summed E-state index contributed by atoms with van der Waals surface area (Å²) in [6.45, 7) is 6.41. The smallest absolute Gasteiger partial charge is 0.270 e. The van der Waals surface area contributed by atoms with Crippen LogP contribution in [-0.4, -0.2) is 86.7 Å². The third-order valence-electron chi connectivity index (χ3n) is 4.55. The molecule has 1 saturated heterocycles. The first-order chi connectivity index (χ1) is 15.8. The van der Waals surface area contributed by atoms with Crippen molar-refractivity contribution in [3.63, 3.8) is 0 Å². The molecule has 0 radical (unpaired) electrons. The standard InChI is InChI=1S/C17H28ClN6O5S4/c1-2-32(17-13(18)9-14(30-17)33(19,26)27)21-4-3-20-10-12(25)11-29-16-15(22-31-23-16)24-5-7-28-8-6-24/h9,12,20-21,25H,2-8,10-11H2,1H3,(H2,19,26,27)/q+1/t12-,32?/m0/s1. The zero-order valence-electron chi connectivity index (χ0n) is 18.0. The number of morpholine rings is 1. The Morgan fingerprint density at radius 3 is 2.82 bits per heavy atom. The third kappa shape index (κ3) is 7.88. The van der Waals surface area contributed by atoms with Crippen LogP contribution < -0.4 is 24.8 Å². The number of primary sulfonamides is 1. The van der Waals surface area contributed by atoms with E-state index in [9.17, 15) is 13.5 Å². The first-order valence-electron chi connectivity index (χ1n) is 10.2. The fourth-order valence-electron chi connectivity index (χ4n) is 2.94. The number of hydrogen-bond acceptors (Lipinski definition) is 12. The number of ether oxygens (including phenoxy) is 2. The zero-order valence-corrected chi connectivity index (χ0v) is 22.1. The molecule has 2 aromatic heterocycles. The van der Waals surface area contributed by atoms with Crippen molar-refractivity contribution in [2.24, 2.45) is 5.14 Å². The summed E-state index contributed by atoms with van der Waals surface area (Å²) in [6, 6.07) is 1.39. The molecule has 3 heterocycles. The number of anilines is 1. The van der Waals surface area contributed by atoms with Crippen molar-refractivity contribution in [3.8, 4) is 5.88 Å². The van der Waals surface area contributed by atoms with Gasteiger partial charge < -0.3 is 24.8 Å². The lowest BCUT2D eigenvalue weighted by atomic mass is 10.3. The minimum Gasteiger partial charge on any atom is -0.472 e. The van der Waals surface area contributed by atoms with E-state index in [1.165, 1.54) is 6.07 Å². The normalized spacial score (nSPS) is 16.7. The van der Waals surface area contributed by atoms with E-state index in [0.29, 0.717) is 49.6 Å². The summed E-state index contributed by atoms with van der Waals surface area (Å²) in [5, 5.41) is 19.0. The summed E-state index contributed by atoms with van der Waals surface area (Å²) in [6.07, 6.45) is -0.710. The number of aliphatic hydroxyl groups is 1. The predicted molar refractivity (Wildman–Crippen MR) is 132 cm³/mol. The molecule has 0 spiro atoms. The lowest BCUT2D eigenvalue weighted by Crippen LogP contribution is -2.38. The van der Waals surface area contributed by atoms with Crippen LogP contribution in [0.2, 0.25) is 5.02 Å². The first-order valence-corrected chi connectivity index (χ1v) is 15.1. The Morgan fingerprint density at radius 2 is 2.15 bits per heavy atom. The van der Waals surface area contributed by atoms with Gasteiger partial charge in [0.2, 0.25) is 20.1 Å². The highest BCUT2D eigenvalue weighted by Crippen LogP contribution is 2.34. The summed E-state index contributed by atoms with van der Waals surface area (Å²) in [5.74, 6) is 1.88. The maximum absolute atomic E-state index is 11.6. The second-order valence-electron chi connectivity index (χ2n) is 6.98. The van der Waals surface area contributed by atoms with Crippen molar-refractivity contribution in [1.82, 2.24) is 18.8 Å². The Bertz CT molecular complexity index is 984. The summed E-state index contributed by atoms with van der Waals surface area (Å²) < 4.78 is 46.8. The van der Waals surface area contributed by atoms with E-state index in [1.807, 2.05) is 6.92 Å². The monoisotopic (exact) mass is 559 g/mol. The van der Waals surface area contributed by atoms with Gasteiger partial charge in [0, 0.05) is 26.2 Å². The van der Waals surface area contributed by atoms with Crippen molar-refractivity contribution in [1.29, 1.82) is 0 Å². The number of thiophene rings is 1. The van der Waals surface area contributed by atoms with Crippen LogP contribution in [0.4, 0.5) is 5.82 Å². The topological polar surface area (TPSA) is 152 Å². The molecule has 0 aromatic carbocycles. The fourth-order valence-corrected chi connectivity index (χ4v) is 8.21. The molecule has 0 aliphatic carbocycles. The minimum atomic E-state index is -3.77. The van der Waals surface area contributed by atoms with Crippen LogP contribution in [0.5, 0.6) is 5.88 Å². The molecular weight excluding hydrogens is 532 g/mol. The van der Waals surface area contributed by atoms with Crippen molar-refractivity contribution in [2.45, 2.75) is 21.4 Å². The number of rotatable bonds is 13. The molecule has 2 atom stereocenters. The molecule has 16 heteroatoms. The Hall–Kier alpha value is -0.750. The molecule has 0 bridgehead atoms. The number of nitrogens with two attached hydrogens (primary N) is 1. The highest BCUT2D eigenvalue weighted by molar-refractivity contribution is 7.97. The van der Waals surface area contributed by atoms with Crippen molar-refractivity contribution in [3.05, 3.63) is 11.1 Å². The molecule has 1 unspecified atom stereocenters. The maximum Gasteiger partial charge on any atom is 0.270 e. The Balaban J connectivity index is 1.37. The van der Waals surface area contributed by atoms with Crippen LogP contribution in [0.25, 0.3) is 0 Å². The van der Waals surface area contributed by atoms with E-state index in [1.54, 1.807) is 0 Å². The SMILES string of the molecule is CC[S+](NCCNC[C@H](O)COc1nsnc1N1CCOCC1)c1sc(S(N)(=O)=O)cc1Cl. The quantitative estimate of drug-likeness (QED) is 0.199. The van der Waals surface area contributed by atoms with E-state index in [2.05, 4.69) is 23.7 Å². The molecule has 0 amide bonds. The molecule has 1 aliphatic rings. The van der Waals surface area contributed by atoms with E-state index in [4.69, 9.17) is 26.2 Å². The van der Waals surface area contributed by atoms with Crippen molar-refractivity contribution >= 4 is 61.6 Å². The second-order valence-corrected chi connectivity index (χ2v) is 13.1. The molecular formula is C17H28ClN6O5S4+. The molecule has 33 heavy (non-hydrogen) atoms. The van der Waals surface area contributed by atoms with Gasteiger partial charge in [0.15, 0.2) is 0 Å². The average molecular weight is 560 g/mol. The number of sulfonamides is 1. The number of nitrogens with zero attached hydrogens (tertiary/aromatic N) is 3. The van der Waals surface area contributed by atoms with E-state index >= 15 is 0 Å². The van der Waals surface area contributed by atoms with E-state index in [-0.39, 0.29) is 10.8 Å². The molecule has 2 aromatic rings. The van der Waals surface area contributed by atoms with Crippen molar-refractivity contribution < 1.29 is 23.0 Å². The van der Waals surface area contributed by atoms with Gasteiger partial charge in [-0.3, -0.25) is 0 Å². The highest BCUT2D eigenvalue weighted by Gasteiger charge is 2.29. The number of aromatic nitrogens is 2. The van der Waals surface area contributed by atoms with Crippen LogP contribution in [0.1, 0.15) is 6.92 Å². The van der Waals surface area contributed by atoms with Crippen LogP contribution >= 0.6 is 34.7 Å². The van der Waals surface area contributed by atoms with Gasteiger partial charge >= 0.3 is 0 Å². The van der Waals surface area contributed by atoms with Gasteiger partial charge in [0.25, 0.3) is 5.88 Å². The highest BCUT2D eigenvalue weighted by atomic mass is 35.5. The molecule has 11 nitrogen and oxygen atoms in total. The summed E-state index contributed by atoms with van der Waals surface area (Å²) in [4.78, 5) is 2.06. The lowest BCUT2D eigenvalue weighted by Gasteiger charge is -2.26. The van der Waals surface area contributed by atoms with E-state index in [0.717, 1.165) is 46.1 Å². The first kappa shape index (κ1) is 26.8. The van der Waals surface area contributed by atoms with Crippen LogP contribution in [-0.2, 0) is 25.8 Å². The van der Waals surface area contributed by atoms with Gasteiger partial charge in [-0.05, 0) is 13.0 Å². The number of aliphatic hydroxyl groups excluding tert-OH is 1. The van der Waals surface area contributed by atoms with Crippen molar-refractivity contribution in [2.75, 3.05) is 63.2 Å². The van der Waals surface area contributed by atoms with Crippen LogP contribution in [0.3, 0.4) is 0 Å². The predicted octanol–water partition coefficient (Wildman–Crippen LogP) is 0.268. The summed E-state index contributed by atoms with van der Waals surface area (Å²) >= 11 is 7.99. The fraction of sp³-hybridized carbons (Fsp3) is 0.647. The molecule has 186 valence electrons. The Kier molecular flexibility index (Phi) is 10.4. The van der Waals surface area contributed by atoms with Crippen LogP contribution in [0.15, 0.2) is 14.5 Å². The van der Waals surface area contributed by atoms with Gasteiger partial charge in [-0.1, -0.05) is 22.9 Å². The minimum absolute atomic E-state index is 0.0589. The number of nitrogens with one attached hydrogen (secondary N) is 2. The Morgan fingerprint density at radius 1 is 1.39 bits per heavy atom. The maximum atomic E-state index is 11.6. The van der Waals surface area contributed by atoms with Gasteiger partial charge in [-0.2, -0.15) is 4.37 Å². The summed E-state index contributed by atoms with van der Waals surface area (Å²) in [5.41, 5.74) is 0. The summed E-state index contributed by atoms with van der Waals surface area (Å²) in [7, 11) is -3.77. The van der Waals surface area contributed by atoms with Gasteiger partial charge in [0.1, 0.15) is 38.8 Å². The lowest BCUT2D eigenvalue weighted by molar-refractivity contribution is 0.103. The van der Waals surface area contributed by atoms with E-state index < -0.39 is 27.2 Å². The number of hydrogen-bond donors (Lipinski definition) is 4. The molecule has 1 fully saturated rings. The Labute approximate surface area is 209 Å². The molecule has 5 N–H and O–H groups in total. The van der Waals surface area contributed by atoms with Gasteiger partial charge in [-0.15, -0.1) is 9.10 Å². The largest absolute Gasteiger partial charge is 0.472 e. The van der Waals surface area contributed by atoms with Gasteiger partial charge in [-0.25, -0.2) is 13.6 Å².